The third kappa shape index (κ3) is 2.26. The van der Waals surface area contributed by atoms with E-state index in [-0.39, 0.29) is 5.82 Å². The summed E-state index contributed by atoms with van der Waals surface area (Å²) >= 11 is 0. The molecule has 0 spiro atoms. The number of nitrogens with zero attached hydrogens (tertiary/aromatic N) is 1. The Morgan fingerprint density at radius 2 is 2.00 bits per heavy atom. The highest BCUT2D eigenvalue weighted by Crippen LogP contribution is 2.19. The van der Waals surface area contributed by atoms with Gasteiger partial charge in [-0.3, -0.25) is 0 Å². The predicted octanol–water partition coefficient (Wildman–Crippen LogP) is 4.36. The third-order valence-corrected chi connectivity index (χ3v) is 3.01. The van der Waals surface area contributed by atoms with E-state index in [1.54, 1.807) is 6.07 Å². The molecule has 0 bridgehead atoms. The highest BCUT2D eigenvalue weighted by Gasteiger charge is 2.04. The second-order valence-corrected chi connectivity index (χ2v) is 4.24. The summed E-state index contributed by atoms with van der Waals surface area (Å²) in [4.78, 5) is 0. The molecule has 16 heavy (non-hydrogen) atoms. The zero-order valence-corrected chi connectivity index (χ0v) is 9.75. The molecule has 0 radical (unpaired) electrons. The number of hydrogen-bond donors (Lipinski definition) is 0. The van der Waals surface area contributed by atoms with Gasteiger partial charge in [0.25, 0.3) is 0 Å². The van der Waals surface area contributed by atoms with Crippen LogP contribution in [0.3, 0.4) is 0 Å². The molecular formula is C14H18FN. The summed E-state index contributed by atoms with van der Waals surface area (Å²) < 4.78 is 15.6. The molecule has 0 aliphatic rings. The molecule has 2 rings (SSSR count). The van der Waals surface area contributed by atoms with Crippen molar-refractivity contribution in [2.24, 2.45) is 0 Å². The average molecular weight is 219 g/mol. The molecule has 0 N–H and O–H groups in total. The molecule has 0 saturated heterocycles. The van der Waals surface area contributed by atoms with E-state index in [1.165, 1.54) is 31.7 Å². The van der Waals surface area contributed by atoms with Crippen LogP contribution < -0.4 is 0 Å². The molecule has 0 amide bonds. The van der Waals surface area contributed by atoms with Crippen LogP contribution in [0.2, 0.25) is 0 Å². The second kappa shape index (κ2) is 5.15. The maximum absolute atomic E-state index is 13.4. The van der Waals surface area contributed by atoms with E-state index in [0.717, 1.165) is 17.4 Å². The van der Waals surface area contributed by atoms with Gasteiger partial charge in [-0.2, -0.15) is 0 Å². The van der Waals surface area contributed by atoms with Gasteiger partial charge < -0.3 is 4.57 Å². The van der Waals surface area contributed by atoms with Crippen molar-refractivity contribution in [1.82, 2.24) is 4.57 Å². The van der Waals surface area contributed by atoms with E-state index in [9.17, 15) is 4.39 Å². The van der Waals surface area contributed by atoms with E-state index < -0.39 is 0 Å². The Morgan fingerprint density at radius 1 is 1.12 bits per heavy atom. The fourth-order valence-electron chi connectivity index (χ4n) is 2.09. The number of aromatic nitrogens is 1. The topological polar surface area (TPSA) is 4.93 Å². The minimum Gasteiger partial charge on any atom is -0.347 e. The lowest BCUT2D eigenvalue weighted by atomic mass is 10.2. The Balaban J connectivity index is 2.10. The van der Waals surface area contributed by atoms with Gasteiger partial charge in [-0.15, -0.1) is 0 Å². The Bertz CT molecular complexity index is 459. The quantitative estimate of drug-likeness (QED) is 0.658. The highest BCUT2D eigenvalue weighted by atomic mass is 19.1. The largest absolute Gasteiger partial charge is 0.347 e. The summed E-state index contributed by atoms with van der Waals surface area (Å²) in [7, 11) is 0. The van der Waals surface area contributed by atoms with Gasteiger partial charge in [0, 0.05) is 18.1 Å². The van der Waals surface area contributed by atoms with Gasteiger partial charge in [-0.25, -0.2) is 4.39 Å². The van der Waals surface area contributed by atoms with E-state index in [2.05, 4.69) is 11.5 Å². The number of halogens is 1. The lowest BCUT2D eigenvalue weighted by Gasteiger charge is -2.04. The van der Waals surface area contributed by atoms with Crippen molar-refractivity contribution in [3.05, 3.63) is 36.3 Å². The van der Waals surface area contributed by atoms with Gasteiger partial charge in [0.05, 0.1) is 5.52 Å². The van der Waals surface area contributed by atoms with Gasteiger partial charge in [-0.05, 0) is 24.6 Å². The maximum atomic E-state index is 13.4. The molecule has 0 fully saturated rings. The summed E-state index contributed by atoms with van der Waals surface area (Å²) in [6.45, 7) is 3.20. The van der Waals surface area contributed by atoms with Crippen LogP contribution >= 0.6 is 0 Å². The first kappa shape index (κ1) is 11.2. The number of unbranched alkanes of at least 4 members (excludes halogenated alkanes) is 3. The number of fused-ring (bicyclic) bond motifs is 1. The first-order chi connectivity index (χ1) is 7.83. The number of rotatable bonds is 5. The Kier molecular flexibility index (Phi) is 3.60. The standard InChI is InChI=1S/C14H18FN/c1-2-3-4-5-10-16-11-9-12-13(15)7-6-8-14(12)16/h6-9,11H,2-5,10H2,1H3. The van der Waals surface area contributed by atoms with Crippen molar-refractivity contribution in [2.45, 2.75) is 39.2 Å². The minimum atomic E-state index is -0.121. The van der Waals surface area contributed by atoms with Gasteiger partial charge in [0.15, 0.2) is 0 Å². The number of aryl methyl sites for hydroxylation is 1. The Hall–Kier alpha value is -1.31. The summed E-state index contributed by atoms with van der Waals surface area (Å²) in [5.74, 6) is -0.121. The van der Waals surface area contributed by atoms with E-state index in [0.29, 0.717) is 0 Å². The average Bonchev–Trinajstić information content (AvgIpc) is 2.70. The maximum Gasteiger partial charge on any atom is 0.132 e. The van der Waals surface area contributed by atoms with Crippen molar-refractivity contribution < 1.29 is 4.39 Å². The molecule has 1 aromatic heterocycles. The number of hydrogen-bond acceptors (Lipinski definition) is 0. The van der Waals surface area contributed by atoms with Crippen LogP contribution in [0.4, 0.5) is 4.39 Å². The van der Waals surface area contributed by atoms with Crippen molar-refractivity contribution in [2.75, 3.05) is 0 Å². The van der Waals surface area contributed by atoms with Crippen molar-refractivity contribution >= 4 is 10.9 Å². The smallest absolute Gasteiger partial charge is 0.132 e. The fourth-order valence-corrected chi connectivity index (χ4v) is 2.09. The van der Waals surface area contributed by atoms with Crippen molar-refractivity contribution in [3.63, 3.8) is 0 Å². The predicted molar refractivity (Wildman–Crippen MR) is 66.0 cm³/mol. The molecular weight excluding hydrogens is 201 g/mol. The van der Waals surface area contributed by atoms with Crippen LogP contribution in [0.5, 0.6) is 0 Å². The zero-order valence-electron chi connectivity index (χ0n) is 9.75. The molecule has 1 heterocycles. The van der Waals surface area contributed by atoms with Crippen LogP contribution in [0.1, 0.15) is 32.6 Å². The molecule has 0 unspecified atom stereocenters. The normalized spacial score (nSPS) is 11.1. The second-order valence-electron chi connectivity index (χ2n) is 4.24. The van der Waals surface area contributed by atoms with Gasteiger partial charge in [-0.1, -0.05) is 32.3 Å². The van der Waals surface area contributed by atoms with Gasteiger partial charge in [0.1, 0.15) is 5.82 Å². The van der Waals surface area contributed by atoms with E-state index in [1.807, 2.05) is 18.3 Å². The number of benzene rings is 1. The molecule has 0 aliphatic carbocycles. The Labute approximate surface area is 95.9 Å². The van der Waals surface area contributed by atoms with E-state index in [4.69, 9.17) is 0 Å². The molecule has 1 aromatic carbocycles. The van der Waals surface area contributed by atoms with Gasteiger partial charge in [0.2, 0.25) is 0 Å². The first-order valence-corrected chi connectivity index (χ1v) is 6.06. The first-order valence-electron chi connectivity index (χ1n) is 6.06. The fraction of sp³-hybridized carbons (Fsp3) is 0.429. The zero-order chi connectivity index (χ0) is 11.4. The molecule has 1 nitrogen and oxygen atoms in total. The van der Waals surface area contributed by atoms with Crippen LogP contribution in [0, 0.1) is 5.82 Å². The highest BCUT2D eigenvalue weighted by molar-refractivity contribution is 5.80. The molecule has 0 aliphatic heterocycles. The summed E-state index contributed by atoms with van der Waals surface area (Å²) in [5, 5.41) is 0.734. The minimum absolute atomic E-state index is 0.121. The summed E-state index contributed by atoms with van der Waals surface area (Å²) in [6.07, 6.45) is 6.95. The summed E-state index contributed by atoms with van der Waals surface area (Å²) in [5.41, 5.74) is 1.01. The monoisotopic (exact) mass is 219 g/mol. The van der Waals surface area contributed by atoms with Crippen molar-refractivity contribution in [1.29, 1.82) is 0 Å². The Morgan fingerprint density at radius 3 is 2.81 bits per heavy atom. The molecule has 2 aromatic rings. The van der Waals surface area contributed by atoms with Crippen LogP contribution in [0.25, 0.3) is 10.9 Å². The SMILES string of the molecule is CCCCCCn1ccc2c(F)cccc21. The van der Waals surface area contributed by atoms with Crippen LogP contribution in [-0.4, -0.2) is 4.57 Å². The molecule has 2 heteroatoms. The van der Waals surface area contributed by atoms with Crippen LogP contribution in [-0.2, 0) is 6.54 Å². The summed E-state index contributed by atoms with van der Waals surface area (Å²) in [6, 6.07) is 7.15. The molecule has 86 valence electrons. The lowest BCUT2D eigenvalue weighted by molar-refractivity contribution is 0.593. The lowest BCUT2D eigenvalue weighted by Crippen LogP contribution is -1.95. The van der Waals surface area contributed by atoms with Crippen LogP contribution in [0.15, 0.2) is 30.5 Å². The molecule has 0 saturated carbocycles. The molecule has 0 atom stereocenters. The van der Waals surface area contributed by atoms with E-state index >= 15 is 0 Å². The third-order valence-electron chi connectivity index (χ3n) is 3.01. The van der Waals surface area contributed by atoms with Crippen molar-refractivity contribution in [3.8, 4) is 0 Å². The van der Waals surface area contributed by atoms with Gasteiger partial charge >= 0.3 is 0 Å².